The molecule has 0 spiro atoms. The molecule has 3 heteroatoms. The number of carbonyl (C=O) groups is 1. The number of unbranched alkanes of at least 4 members (excludes halogenated alkanes) is 2. The van der Waals surface area contributed by atoms with E-state index >= 15 is 0 Å². The molecule has 0 aliphatic heterocycles. The molecule has 0 fully saturated rings. The van der Waals surface area contributed by atoms with Crippen LogP contribution in [0.5, 0.6) is 0 Å². The topological polar surface area (TPSA) is 41.1 Å². The molecule has 0 radical (unpaired) electrons. The predicted molar refractivity (Wildman–Crippen MR) is 60.3 cm³/mol. The summed E-state index contributed by atoms with van der Waals surface area (Å²) >= 11 is 0. The molecule has 0 saturated heterocycles. The number of amides is 1. The van der Waals surface area contributed by atoms with Crippen LogP contribution in [0.25, 0.3) is 0 Å². The number of nitrogens with one attached hydrogen (secondary N) is 2. The van der Waals surface area contributed by atoms with E-state index in [0.717, 1.165) is 38.9 Å². The Labute approximate surface area is 87.6 Å². The summed E-state index contributed by atoms with van der Waals surface area (Å²) in [6.45, 7) is 6.95. The fraction of sp³-hybridized carbons (Fsp3) is 0.909. The molecular formula is C11H24N2O. The van der Waals surface area contributed by atoms with Gasteiger partial charge < -0.3 is 10.6 Å². The molecule has 14 heavy (non-hydrogen) atoms. The van der Waals surface area contributed by atoms with E-state index in [4.69, 9.17) is 0 Å². The Kier molecular flexibility index (Phi) is 10.1. The van der Waals surface area contributed by atoms with Gasteiger partial charge in [0.25, 0.3) is 0 Å². The van der Waals surface area contributed by atoms with Crippen molar-refractivity contribution in [2.45, 2.75) is 46.0 Å². The smallest absolute Gasteiger partial charge is 0.220 e. The maximum absolute atomic E-state index is 11.2. The fourth-order valence-electron chi connectivity index (χ4n) is 1.22. The summed E-state index contributed by atoms with van der Waals surface area (Å²) < 4.78 is 0. The van der Waals surface area contributed by atoms with Crippen LogP contribution in [-0.2, 0) is 4.79 Å². The van der Waals surface area contributed by atoms with E-state index in [1.165, 1.54) is 6.42 Å². The van der Waals surface area contributed by atoms with Gasteiger partial charge >= 0.3 is 0 Å². The molecule has 0 aromatic heterocycles. The molecule has 84 valence electrons. The van der Waals surface area contributed by atoms with Crippen LogP contribution in [0.1, 0.15) is 46.0 Å². The van der Waals surface area contributed by atoms with Crippen LogP contribution in [0.3, 0.4) is 0 Å². The van der Waals surface area contributed by atoms with Gasteiger partial charge in [-0.05, 0) is 19.4 Å². The third kappa shape index (κ3) is 9.52. The van der Waals surface area contributed by atoms with Crippen molar-refractivity contribution in [2.75, 3.05) is 19.6 Å². The maximum Gasteiger partial charge on any atom is 0.220 e. The van der Waals surface area contributed by atoms with Crippen molar-refractivity contribution in [3.05, 3.63) is 0 Å². The van der Waals surface area contributed by atoms with E-state index in [2.05, 4.69) is 24.5 Å². The minimum absolute atomic E-state index is 0.191. The van der Waals surface area contributed by atoms with E-state index in [1.807, 2.05) is 0 Å². The first kappa shape index (κ1) is 13.4. The maximum atomic E-state index is 11.2. The van der Waals surface area contributed by atoms with Crippen molar-refractivity contribution >= 4 is 5.91 Å². The van der Waals surface area contributed by atoms with Gasteiger partial charge in [0.1, 0.15) is 0 Å². The average molecular weight is 200 g/mol. The molecule has 0 unspecified atom stereocenters. The van der Waals surface area contributed by atoms with Gasteiger partial charge in [0.15, 0.2) is 0 Å². The zero-order valence-electron chi connectivity index (χ0n) is 9.57. The van der Waals surface area contributed by atoms with Crippen LogP contribution in [0, 0.1) is 0 Å². The monoisotopic (exact) mass is 200 g/mol. The van der Waals surface area contributed by atoms with E-state index < -0.39 is 0 Å². The molecular weight excluding hydrogens is 176 g/mol. The second-order valence-electron chi connectivity index (χ2n) is 3.56. The molecule has 0 bridgehead atoms. The largest absolute Gasteiger partial charge is 0.355 e. The van der Waals surface area contributed by atoms with Crippen LogP contribution in [0.4, 0.5) is 0 Å². The Morgan fingerprint density at radius 3 is 2.43 bits per heavy atom. The average Bonchev–Trinajstić information content (AvgIpc) is 2.18. The third-order valence-electron chi connectivity index (χ3n) is 2.06. The van der Waals surface area contributed by atoms with E-state index in [0.29, 0.717) is 6.42 Å². The summed E-state index contributed by atoms with van der Waals surface area (Å²) in [5.41, 5.74) is 0. The number of hydrogen-bond donors (Lipinski definition) is 2. The van der Waals surface area contributed by atoms with Gasteiger partial charge in [-0.25, -0.2) is 0 Å². The lowest BCUT2D eigenvalue weighted by atomic mass is 10.2. The third-order valence-corrected chi connectivity index (χ3v) is 2.06. The van der Waals surface area contributed by atoms with E-state index in [1.54, 1.807) is 0 Å². The molecule has 0 atom stereocenters. The second kappa shape index (κ2) is 10.5. The normalized spacial score (nSPS) is 10.1. The molecule has 0 aromatic rings. The van der Waals surface area contributed by atoms with Crippen molar-refractivity contribution in [3.63, 3.8) is 0 Å². The van der Waals surface area contributed by atoms with Gasteiger partial charge in [-0.2, -0.15) is 0 Å². The molecule has 0 heterocycles. The lowest BCUT2D eigenvalue weighted by Gasteiger charge is -2.05. The molecule has 0 aliphatic carbocycles. The quantitative estimate of drug-likeness (QED) is 0.556. The highest BCUT2D eigenvalue weighted by atomic mass is 16.1. The summed E-state index contributed by atoms with van der Waals surface area (Å²) in [7, 11) is 0. The first-order chi connectivity index (χ1) is 6.81. The predicted octanol–water partition coefficient (Wildman–Crippen LogP) is 1.68. The molecule has 0 aromatic carbocycles. The SMILES string of the molecule is CCCCCC(=O)NCCNCCC. The van der Waals surface area contributed by atoms with Crippen molar-refractivity contribution < 1.29 is 4.79 Å². The Balaban J connectivity index is 3.10. The number of hydrogen-bond acceptors (Lipinski definition) is 2. The van der Waals surface area contributed by atoms with E-state index in [9.17, 15) is 4.79 Å². The highest BCUT2D eigenvalue weighted by Gasteiger charge is 1.98. The first-order valence-corrected chi connectivity index (χ1v) is 5.78. The van der Waals surface area contributed by atoms with Crippen molar-refractivity contribution in [1.82, 2.24) is 10.6 Å². The molecule has 2 N–H and O–H groups in total. The van der Waals surface area contributed by atoms with Gasteiger partial charge in [0.2, 0.25) is 5.91 Å². The molecule has 1 amide bonds. The summed E-state index contributed by atoms with van der Waals surface area (Å²) in [5, 5.41) is 6.14. The van der Waals surface area contributed by atoms with Crippen LogP contribution < -0.4 is 10.6 Å². The molecule has 0 rings (SSSR count). The first-order valence-electron chi connectivity index (χ1n) is 5.78. The zero-order valence-corrected chi connectivity index (χ0v) is 9.57. The van der Waals surface area contributed by atoms with E-state index in [-0.39, 0.29) is 5.91 Å². The molecule has 3 nitrogen and oxygen atoms in total. The van der Waals surface area contributed by atoms with Crippen LogP contribution in [0.15, 0.2) is 0 Å². The second-order valence-corrected chi connectivity index (χ2v) is 3.56. The summed E-state index contributed by atoms with van der Waals surface area (Å²) in [6.07, 6.45) is 5.17. The highest BCUT2D eigenvalue weighted by Crippen LogP contribution is 1.97. The van der Waals surface area contributed by atoms with Crippen LogP contribution in [0.2, 0.25) is 0 Å². The van der Waals surface area contributed by atoms with Crippen molar-refractivity contribution in [3.8, 4) is 0 Å². The van der Waals surface area contributed by atoms with Crippen molar-refractivity contribution in [2.24, 2.45) is 0 Å². The van der Waals surface area contributed by atoms with Crippen LogP contribution >= 0.6 is 0 Å². The summed E-state index contributed by atoms with van der Waals surface area (Å²) in [5.74, 6) is 0.191. The molecule has 0 saturated carbocycles. The molecule has 0 aliphatic rings. The lowest BCUT2D eigenvalue weighted by molar-refractivity contribution is -0.121. The minimum Gasteiger partial charge on any atom is -0.355 e. The Bertz CT molecular complexity index is 137. The summed E-state index contributed by atoms with van der Waals surface area (Å²) in [6, 6.07) is 0. The van der Waals surface area contributed by atoms with Gasteiger partial charge in [-0.3, -0.25) is 4.79 Å². The number of carbonyl (C=O) groups excluding carboxylic acids is 1. The van der Waals surface area contributed by atoms with Gasteiger partial charge in [0.05, 0.1) is 0 Å². The Morgan fingerprint density at radius 1 is 1.00 bits per heavy atom. The highest BCUT2D eigenvalue weighted by molar-refractivity contribution is 5.75. The zero-order chi connectivity index (χ0) is 10.6. The van der Waals surface area contributed by atoms with Gasteiger partial charge in [-0.1, -0.05) is 26.7 Å². The van der Waals surface area contributed by atoms with Crippen LogP contribution in [-0.4, -0.2) is 25.5 Å². The van der Waals surface area contributed by atoms with Crippen molar-refractivity contribution in [1.29, 1.82) is 0 Å². The minimum atomic E-state index is 0.191. The lowest BCUT2D eigenvalue weighted by Crippen LogP contribution is -2.31. The Morgan fingerprint density at radius 2 is 1.79 bits per heavy atom. The standard InChI is InChI=1S/C11H24N2O/c1-3-5-6-7-11(14)13-10-9-12-8-4-2/h12H,3-10H2,1-2H3,(H,13,14). The van der Waals surface area contributed by atoms with Gasteiger partial charge in [-0.15, -0.1) is 0 Å². The Hall–Kier alpha value is -0.570. The number of rotatable bonds is 9. The van der Waals surface area contributed by atoms with Gasteiger partial charge in [0, 0.05) is 19.5 Å². The summed E-state index contributed by atoms with van der Waals surface area (Å²) in [4.78, 5) is 11.2. The fourth-order valence-corrected chi connectivity index (χ4v) is 1.22.